The van der Waals surface area contributed by atoms with Crippen molar-refractivity contribution in [2.45, 2.75) is 44.1 Å². The summed E-state index contributed by atoms with van der Waals surface area (Å²) < 4.78 is 21.7. The van der Waals surface area contributed by atoms with E-state index in [9.17, 15) is 14.3 Å². The van der Waals surface area contributed by atoms with Crippen LogP contribution in [0.3, 0.4) is 0 Å². The Labute approximate surface area is 106 Å². The third-order valence-corrected chi connectivity index (χ3v) is 5.98. The van der Waals surface area contributed by atoms with Crippen LogP contribution in [0.5, 0.6) is 0 Å². The number of methoxy groups -OCH3 is 1. The van der Waals surface area contributed by atoms with Crippen molar-refractivity contribution in [2.75, 3.05) is 7.11 Å². The van der Waals surface area contributed by atoms with Crippen molar-refractivity contribution in [3.05, 3.63) is 0 Å². The number of carbonyl (C=O) groups is 1. The van der Waals surface area contributed by atoms with Crippen LogP contribution < -0.4 is 0 Å². The third kappa shape index (κ3) is 2.02. The molecule has 0 amide bonds. The average molecular weight is 274 g/mol. The second kappa shape index (κ2) is 4.06. The average Bonchev–Trinajstić information content (AvgIpc) is 2.24. The van der Waals surface area contributed by atoms with Gasteiger partial charge in [-0.15, -0.1) is 0 Å². The zero-order valence-corrected chi connectivity index (χ0v) is 11.4. The highest BCUT2D eigenvalue weighted by molar-refractivity contribution is 7.70. The van der Waals surface area contributed by atoms with Crippen molar-refractivity contribution in [3.8, 4) is 0 Å². The van der Waals surface area contributed by atoms with Crippen LogP contribution in [0.1, 0.15) is 38.5 Å². The van der Waals surface area contributed by atoms with E-state index in [2.05, 4.69) is 4.74 Å². The van der Waals surface area contributed by atoms with Gasteiger partial charge in [-0.2, -0.15) is 0 Å². The van der Waals surface area contributed by atoms with Gasteiger partial charge in [0.15, 0.2) is 0 Å². The lowest BCUT2D eigenvalue weighted by Gasteiger charge is -2.56. The topological polar surface area (TPSA) is 72.8 Å². The predicted molar refractivity (Wildman–Crippen MR) is 64.2 cm³/mol. The Bertz CT molecular complexity index is 383. The van der Waals surface area contributed by atoms with Gasteiger partial charge >= 0.3 is 13.3 Å². The summed E-state index contributed by atoms with van der Waals surface area (Å²) in [6.07, 6.45) is 6.12. The fourth-order valence-corrected chi connectivity index (χ4v) is 5.61. The molecule has 6 heteroatoms. The Morgan fingerprint density at radius 1 is 1.17 bits per heavy atom. The summed E-state index contributed by atoms with van der Waals surface area (Å²) >= 11 is 0. The summed E-state index contributed by atoms with van der Waals surface area (Å²) in [5.74, 6) is 1.82. The summed E-state index contributed by atoms with van der Waals surface area (Å²) in [5, 5.41) is 0. The van der Waals surface area contributed by atoms with E-state index in [0.717, 1.165) is 26.4 Å². The van der Waals surface area contributed by atoms with Crippen LogP contribution >= 0.6 is 7.60 Å². The Morgan fingerprint density at radius 3 is 2.00 bits per heavy atom. The number of rotatable bonds is 3. The molecule has 0 aromatic heterocycles. The fourth-order valence-electron chi connectivity index (χ4n) is 4.56. The molecule has 4 aliphatic carbocycles. The largest absolute Gasteiger partial charge is 0.460 e. The van der Waals surface area contributed by atoms with Crippen molar-refractivity contribution in [3.63, 3.8) is 0 Å². The summed E-state index contributed by atoms with van der Waals surface area (Å²) in [4.78, 5) is 21.0. The van der Waals surface area contributed by atoms with Crippen LogP contribution in [0.2, 0.25) is 0 Å². The first-order valence-corrected chi connectivity index (χ1v) is 8.12. The van der Waals surface area contributed by atoms with Gasteiger partial charge in [-0.1, -0.05) is 0 Å². The standard InChI is InChI=1S/C12H19O5P/c1-16-11(13)18(14,15)17-12-5-8-2-9(6-12)4-10(3-8)7-12/h8-10H,2-7H2,1H3,(H,14,15). The number of hydrogen-bond donors (Lipinski definition) is 1. The molecule has 4 bridgehead atoms. The first-order chi connectivity index (χ1) is 8.42. The van der Waals surface area contributed by atoms with Crippen molar-refractivity contribution >= 4 is 13.3 Å². The third-order valence-electron chi connectivity index (χ3n) is 4.70. The molecule has 0 saturated heterocycles. The van der Waals surface area contributed by atoms with Gasteiger partial charge in [0, 0.05) is 0 Å². The number of ether oxygens (including phenoxy) is 1. The molecule has 1 unspecified atom stereocenters. The van der Waals surface area contributed by atoms with Gasteiger partial charge < -0.3 is 9.63 Å². The van der Waals surface area contributed by atoms with Gasteiger partial charge in [0.2, 0.25) is 0 Å². The first-order valence-electron chi connectivity index (χ1n) is 6.54. The molecule has 0 radical (unpaired) electrons. The molecule has 0 aliphatic heterocycles. The summed E-state index contributed by atoms with van der Waals surface area (Å²) in [5.41, 5.74) is -1.69. The minimum Gasteiger partial charge on any atom is -0.460 e. The maximum absolute atomic E-state index is 11.9. The SMILES string of the molecule is COC(=O)P(=O)(O)OC12CC3CC(CC(C3)C1)C2. The minimum atomic E-state index is -4.29. The molecule has 5 nitrogen and oxygen atoms in total. The zero-order chi connectivity index (χ0) is 13.0. The van der Waals surface area contributed by atoms with Crippen LogP contribution in [-0.4, -0.2) is 23.3 Å². The van der Waals surface area contributed by atoms with Crippen molar-refractivity contribution in [1.29, 1.82) is 0 Å². The van der Waals surface area contributed by atoms with Crippen molar-refractivity contribution in [1.82, 2.24) is 0 Å². The lowest BCUT2D eigenvalue weighted by Crippen LogP contribution is -2.51. The van der Waals surface area contributed by atoms with Crippen molar-refractivity contribution < 1.29 is 23.5 Å². The Balaban J connectivity index is 1.80. The van der Waals surface area contributed by atoms with E-state index in [-0.39, 0.29) is 0 Å². The van der Waals surface area contributed by atoms with E-state index in [0.29, 0.717) is 17.8 Å². The quantitative estimate of drug-likeness (QED) is 0.801. The van der Waals surface area contributed by atoms with Gasteiger partial charge in [0.05, 0.1) is 12.7 Å². The Kier molecular flexibility index (Phi) is 2.85. The van der Waals surface area contributed by atoms with Crippen molar-refractivity contribution in [2.24, 2.45) is 17.8 Å². The zero-order valence-electron chi connectivity index (χ0n) is 10.5. The Morgan fingerprint density at radius 2 is 1.61 bits per heavy atom. The molecule has 4 saturated carbocycles. The summed E-state index contributed by atoms with van der Waals surface area (Å²) in [6, 6.07) is 0. The van der Waals surface area contributed by atoms with E-state index >= 15 is 0 Å². The van der Waals surface area contributed by atoms with E-state index < -0.39 is 18.9 Å². The molecule has 0 spiro atoms. The van der Waals surface area contributed by atoms with Crippen LogP contribution in [0.25, 0.3) is 0 Å². The van der Waals surface area contributed by atoms with E-state index in [1.807, 2.05) is 0 Å². The van der Waals surface area contributed by atoms with Crippen LogP contribution in [0, 0.1) is 17.8 Å². The van der Waals surface area contributed by atoms with E-state index in [1.54, 1.807) is 0 Å². The van der Waals surface area contributed by atoms with Gasteiger partial charge in [-0.25, -0.2) is 9.36 Å². The monoisotopic (exact) mass is 274 g/mol. The van der Waals surface area contributed by atoms with Gasteiger partial charge in [0.1, 0.15) is 0 Å². The lowest BCUT2D eigenvalue weighted by molar-refractivity contribution is -0.110. The maximum Gasteiger partial charge on any atom is 0.436 e. The predicted octanol–water partition coefficient (Wildman–Crippen LogP) is 2.92. The first kappa shape index (κ1) is 12.6. The smallest absolute Gasteiger partial charge is 0.436 e. The van der Waals surface area contributed by atoms with Gasteiger partial charge in [0.25, 0.3) is 0 Å². The molecule has 102 valence electrons. The Hall–Kier alpha value is -0.380. The second-order valence-electron chi connectivity index (χ2n) is 6.18. The highest BCUT2D eigenvalue weighted by Crippen LogP contribution is 2.62. The highest BCUT2D eigenvalue weighted by Gasteiger charge is 2.55. The minimum absolute atomic E-state index is 0.548. The number of hydrogen-bond acceptors (Lipinski definition) is 4. The second-order valence-corrected chi connectivity index (χ2v) is 7.77. The molecule has 18 heavy (non-hydrogen) atoms. The highest BCUT2D eigenvalue weighted by atomic mass is 31.2. The molecule has 4 fully saturated rings. The maximum atomic E-state index is 11.9. The van der Waals surface area contributed by atoms with E-state index in [4.69, 9.17) is 4.52 Å². The summed E-state index contributed by atoms with van der Waals surface area (Å²) in [7, 11) is -3.19. The normalized spacial score (nSPS) is 44.7. The molecule has 0 aromatic rings. The number of carbonyl (C=O) groups excluding carboxylic acids is 1. The van der Waals surface area contributed by atoms with Gasteiger partial charge in [-0.05, 0) is 56.3 Å². The molecular formula is C12H19O5P. The van der Waals surface area contributed by atoms with Crippen LogP contribution in [0.15, 0.2) is 0 Å². The molecule has 4 aliphatic rings. The summed E-state index contributed by atoms with van der Waals surface area (Å²) in [6.45, 7) is 0. The lowest BCUT2D eigenvalue weighted by atomic mass is 9.54. The molecular weight excluding hydrogens is 255 g/mol. The van der Waals surface area contributed by atoms with Gasteiger partial charge in [-0.3, -0.25) is 4.52 Å². The molecule has 1 atom stereocenters. The molecule has 0 heterocycles. The molecule has 4 rings (SSSR count). The van der Waals surface area contributed by atoms with Crippen LogP contribution in [-0.2, 0) is 13.8 Å². The molecule has 0 aromatic carbocycles. The van der Waals surface area contributed by atoms with E-state index in [1.165, 1.54) is 19.3 Å². The van der Waals surface area contributed by atoms with Crippen LogP contribution in [0.4, 0.5) is 4.79 Å². The molecule has 1 N–H and O–H groups in total. The fraction of sp³-hybridized carbons (Fsp3) is 0.917.